The van der Waals surface area contributed by atoms with Crippen LogP contribution in [0, 0.1) is 0 Å². The van der Waals surface area contributed by atoms with Crippen molar-refractivity contribution in [3.8, 4) is 0 Å². The molecule has 0 aliphatic rings. The molecule has 0 atom stereocenters. The molecule has 4 nitrogen and oxygen atoms in total. The van der Waals surface area contributed by atoms with Gasteiger partial charge in [-0.2, -0.15) is 0 Å². The maximum atomic E-state index is 12.3. The molecule has 0 heterocycles. The van der Waals surface area contributed by atoms with Crippen LogP contribution in [0.2, 0.25) is 0 Å². The van der Waals surface area contributed by atoms with Crippen LogP contribution in [0.1, 0.15) is 22.8 Å². The van der Waals surface area contributed by atoms with Gasteiger partial charge in [0.05, 0.1) is 11.3 Å². The number of ether oxygens (including phenoxy) is 1. The number of carbonyl (C=O) groups excluding carboxylic acids is 2. The van der Waals surface area contributed by atoms with Crippen LogP contribution in [-0.2, 0) is 16.0 Å². The van der Waals surface area contributed by atoms with Gasteiger partial charge in [0.2, 0.25) is 0 Å². The second kappa shape index (κ2) is 9.76. The first-order valence-electron chi connectivity index (χ1n) is 9.03. The normalized spacial score (nSPS) is 10.3. The van der Waals surface area contributed by atoms with E-state index in [9.17, 15) is 9.59 Å². The van der Waals surface area contributed by atoms with Crippen molar-refractivity contribution in [3.05, 3.63) is 90.0 Å². The monoisotopic (exact) mass is 391 g/mol. The predicted molar refractivity (Wildman–Crippen MR) is 112 cm³/mol. The Morgan fingerprint density at radius 1 is 0.893 bits per heavy atom. The van der Waals surface area contributed by atoms with Gasteiger partial charge in [-0.1, -0.05) is 61.2 Å². The second-order valence-electron chi connectivity index (χ2n) is 6.09. The molecule has 0 fully saturated rings. The lowest BCUT2D eigenvalue weighted by Crippen LogP contribution is -2.21. The summed E-state index contributed by atoms with van der Waals surface area (Å²) in [6, 6.07) is 24.6. The molecular formula is C23H21NO3S. The van der Waals surface area contributed by atoms with E-state index < -0.39 is 5.97 Å². The minimum Gasteiger partial charge on any atom is -0.452 e. The lowest BCUT2D eigenvalue weighted by molar-refractivity contribution is -0.119. The van der Waals surface area contributed by atoms with Crippen molar-refractivity contribution >= 4 is 29.3 Å². The minimum atomic E-state index is -0.509. The van der Waals surface area contributed by atoms with Crippen LogP contribution in [0.25, 0.3) is 0 Å². The Balaban J connectivity index is 1.58. The molecule has 5 heteroatoms. The van der Waals surface area contributed by atoms with E-state index in [1.807, 2.05) is 73.7 Å². The molecule has 0 bridgehead atoms. The molecule has 142 valence electrons. The van der Waals surface area contributed by atoms with Crippen molar-refractivity contribution in [2.75, 3.05) is 11.9 Å². The first-order chi connectivity index (χ1) is 13.7. The van der Waals surface area contributed by atoms with E-state index in [4.69, 9.17) is 4.74 Å². The Kier molecular flexibility index (Phi) is 6.87. The van der Waals surface area contributed by atoms with E-state index in [-0.39, 0.29) is 12.5 Å². The molecule has 0 saturated heterocycles. The molecule has 1 amide bonds. The van der Waals surface area contributed by atoms with Crippen LogP contribution >= 0.6 is 11.8 Å². The van der Waals surface area contributed by atoms with Crippen molar-refractivity contribution in [3.63, 3.8) is 0 Å². The largest absolute Gasteiger partial charge is 0.452 e. The number of benzene rings is 3. The van der Waals surface area contributed by atoms with Gasteiger partial charge in [0, 0.05) is 9.79 Å². The van der Waals surface area contributed by atoms with E-state index in [0.717, 1.165) is 21.8 Å². The van der Waals surface area contributed by atoms with E-state index in [2.05, 4.69) is 5.32 Å². The molecule has 28 heavy (non-hydrogen) atoms. The van der Waals surface area contributed by atoms with Crippen LogP contribution in [0.4, 0.5) is 5.69 Å². The van der Waals surface area contributed by atoms with Crippen molar-refractivity contribution in [1.82, 2.24) is 0 Å². The number of amides is 1. The quantitative estimate of drug-likeness (QED) is 0.563. The topological polar surface area (TPSA) is 55.4 Å². The van der Waals surface area contributed by atoms with Gasteiger partial charge in [-0.25, -0.2) is 4.79 Å². The first kappa shape index (κ1) is 19.7. The minimum absolute atomic E-state index is 0.335. The third-order valence-electron chi connectivity index (χ3n) is 4.06. The smallest absolute Gasteiger partial charge is 0.338 e. The molecule has 3 rings (SSSR count). The Hall–Kier alpha value is -3.05. The summed E-state index contributed by atoms with van der Waals surface area (Å²) in [5, 5.41) is 2.82. The summed E-state index contributed by atoms with van der Waals surface area (Å²) in [7, 11) is 0. The fourth-order valence-electron chi connectivity index (χ4n) is 2.55. The summed E-state index contributed by atoms with van der Waals surface area (Å²) in [5.74, 6) is -0.885. The third kappa shape index (κ3) is 5.47. The van der Waals surface area contributed by atoms with Crippen LogP contribution in [0.5, 0.6) is 0 Å². The van der Waals surface area contributed by atoms with Gasteiger partial charge in [-0.15, -0.1) is 0 Å². The summed E-state index contributed by atoms with van der Waals surface area (Å²) < 4.78 is 5.14. The SMILES string of the molecule is CCc1ccc(C(=O)OCC(=O)Nc2ccccc2Sc2ccccc2)cc1. The Bertz CT molecular complexity index is 940. The highest BCUT2D eigenvalue weighted by molar-refractivity contribution is 7.99. The molecule has 1 N–H and O–H groups in total. The standard InChI is InChI=1S/C23H21NO3S/c1-2-17-12-14-18(15-13-17)23(26)27-16-22(25)24-20-10-6-7-11-21(20)28-19-8-4-3-5-9-19/h3-15H,2,16H2,1H3,(H,24,25). The number of para-hydroxylation sites is 1. The van der Waals surface area contributed by atoms with Crippen LogP contribution in [0.15, 0.2) is 88.7 Å². The Morgan fingerprint density at radius 2 is 1.57 bits per heavy atom. The number of nitrogens with one attached hydrogen (secondary N) is 1. The van der Waals surface area contributed by atoms with Crippen molar-refractivity contribution in [1.29, 1.82) is 0 Å². The maximum Gasteiger partial charge on any atom is 0.338 e. The molecular weight excluding hydrogens is 370 g/mol. The molecule has 0 saturated carbocycles. The van der Waals surface area contributed by atoms with Crippen molar-refractivity contribution in [2.45, 2.75) is 23.1 Å². The highest BCUT2D eigenvalue weighted by Gasteiger charge is 2.12. The van der Waals surface area contributed by atoms with Gasteiger partial charge in [-0.3, -0.25) is 4.79 Å². The zero-order chi connectivity index (χ0) is 19.8. The molecule has 0 unspecified atom stereocenters. The highest BCUT2D eigenvalue weighted by Crippen LogP contribution is 2.33. The van der Waals surface area contributed by atoms with E-state index >= 15 is 0 Å². The van der Waals surface area contributed by atoms with E-state index in [1.165, 1.54) is 0 Å². The zero-order valence-corrected chi connectivity index (χ0v) is 16.4. The Labute approximate surface area is 168 Å². The lowest BCUT2D eigenvalue weighted by atomic mass is 10.1. The number of carbonyl (C=O) groups is 2. The molecule has 0 aliphatic carbocycles. The van der Waals surface area contributed by atoms with Gasteiger partial charge < -0.3 is 10.1 Å². The molecule has 0 aliphatic heterocycles. The summed E-state index contributed by atoms with van der Waals surface area (Å²) in [6.07, 6.45) is 0.901. The maximum absolute atomic E-state index is 12.3. The van der Waals surface area contributed by atoms with E-state index in [0.29, 0.717) is 11.3 Å². The number of rotatable bonds is 7. The van der Waals surface area contributed by atoms with Crippen LogP contribution in [0.3, 0.4) is 0 Å². The van der Waals surface area contributed by atoms with Crippen molar-refractivity contribution in [2.24, 2.45) is 0 Å². The summed E-state index contributed by atoms with van der Waals surface area (Å²) in [5.41, 5.74) is 2.26. The van der Waals surface area contributed by atoms with Gasteiger partial charge in [0.25, 0.3) is 5.91 Å². The number of anilines is 1. The number of hydrogen-bond donors (Lipinski definition) is 1. The van der Waals surface area contributed by atoms with Gasteiger partial charge in [0.15, 0.2) is 6.61 Å². The van der Waals surface area contributed by atoms with Crippen LogP contribution in [-0.4, -0.2) is 18.5 Å². The molecule has 0 radical (unpaired) electrons. The summed E-state index contributed by atoms with van der Waals surface area (Å²) in [4.78, 5) is 26.4. The predicted octanol–water partition coefficient (Wildman–Crippen LogP) is 5.20. The fourth-order valence-corrected chi connectivity index (χ4v) is 3.47. The highest BCUT2D eigenvalue weighted by atomic mass is 32.2. The van der Waals surface area contributed by atoms with Crippen LogP contribution < -0.4 is 5.32 Å². The number of esters is 1. The zero-order valence-electron chi connectivity index (χ0n) is 15.6. The summed E-state index contributed by atoms with van der Waals surface area (Å²) >= 11 is 1.56. The average molecular weight is 391 g/mol. The second-order valence-corrected chi connectivity index (χ2v) is 7.20. The molecule has 0 aromatic heterocycles. The fraction of sp³-hybridized carbons (Fsp3) is 0.130. The summed E-state index contributed by atoms with van der Waals surface area (Å²) in [6.45, 7) is 1.71. The van der Waals surface area contributed by atoms with Gasteiger partial charge >= 0.3 is 5.97 Å². The molecule has 3 aromatic carbocycles. The average Bonchev–Trinajstić information content (AvgIpc) is 2.74. The first-order valence-corrected chi connectivity index (χ1v) is 9.85. The third-order valence-corrected chi connectivity index (χ3v) is 5.15. The lowest BCUT2D eigenvalue weighted by Gasteiger charge is -2.11. The molecule has 3 aromatic rings. The van der Waals surface area contributed by atoms with Gasteiger partial charge in [0.1, 0.15) is 0 Å². The van der Waals surface area contributed by atoms with Gasteiger partial charge in [-0.05, 0) is 48.4 Å². The number of aryl methyl sites for hydroxylation is 1. The Morgan fingerprint density at radius 3 is 2.29 bits per heavy atom. The number of hydrogen-bond acceptors (Lipinski definition) is 4. The van der Waals surface area contributed by atoms with E-state index in [1.54, 1.807) is 23.9 Å². The van der Waals surface area contributed by atoms with Crippen molar-refractivity contribution < 1.29 is 14.3 Å². The molecule has 0 spiro atoms.